The molecule has 24 heavy (non-hydrogen) atoms. The Morgan fingerprint density at radius 2 is 1.75 bits per heavy atom. The second-order valence-electron chi connectivity index (χ2n) is 6.56. The van der Waals surface area contributed by atoms with E-state index in [0.717, 1.165) is 17.7 Å². The van der Waals surface area contributed by atoms with Gasteiger partial charge in [0.05, 0.1) is 5.92 Å². The summed E-state index contributed by atoms with van der Waals surface area (Å²) in [5.74, 6) is -0.0942. The number of nitrogens with zero attached hydrogens (tertiary/aromatic N) is 2. The molecule has 0 bridgehead atoms. The molecular weight excluding hydrogens is 316 g/mol. The second-order valence-corrected chi connectivity index (χ2v) is 6.95. The van der Waals surface area contributed by atoms with E-state index in [1.165, 1.54) is 11.1 Å². The highest BCUT2D eigenvalue weighted by molar-refractivity contribution is 7.80. The molecule has 1 heterocycles. The van der Waals surface area contributed by atoms with Crippen LogP contribution in [0.4, 0.5) is 0 Å². The van der Waals surface area contributed by atoms with E-state index in [0.29, 0.717) is 4.99 Å². The number of hydrogen-bond acceptors (Lipinski definition) is 3. The summed E-state index contributed by atoms with van der Waals surface area (Å²) >= 11 is 5.60. The Morgan fingerprint density at radius 3 is 2.38 bits per heavy atom. The molecule has 0 fully saturated rings. The van der Waals surface area contributed by atoms with Crippen LogP contribution in [-0.2, 0) is 6.42 Å². The fourth-order valence-corrected chi connectivity index (χ4v) is 3.49. The minimum Gasteiger partial charge on any atom is -0.369 e. The van der Waals surface area contributed by atoms with Crippen molar-refractivity contribution in [1.29, 1.82) is 0 Å². The normalized spacial score (nSPS) is 23.2. The van der Waals surface area contributed by atoms with Crippen molar-refractivity contribution >= 4 is 22.9 Å². The van der Waals surface area contributed by atoms with E-state index < -0.39 is 5.72 Å². The lowest BCUT2D eigenvalue weighted by atomic mass is 9.87. The number of rotatable bonds is 3. The van der Waals surface area contributed by atoms with E-state index in [1.54, 1.807) is 11.9 Å². The van der Waals surface area contributed by atoms with Crippen molar-refractivity contribution in [1.82, 2.24) is 5.01 Å². The molecule has 0 aliphatic carbocycles. The molecule has 0 radical (unpaired) electrons. The molecule has 0 spiro atoms. The van der Waals surface area contributed by atoms with Gasteiger partial charge in [-0.1, -0.05) is 72.4 Å². The molecule has 3 nitrogen and oxygen atoms in total. The Morgan fingerprint density at radius 1 is 1.12 bits per heavy atom. The van der Waals surface area contributed by atoms with Gasteiger partial charge in [0.25, 0.3) is 0 Å². The van der Waals surface area contributed by atoms with Crippen LogP contribution in [0.3, 0.4) is 0 Å². The van der Waals surface area contributed by atoms with E-state index in [-0.39, 0.29) is 5.92 Å². The van der Waals surface area contributed by atoms with Gasteiger partial charge in [0.1, 0.15) is 4.99 Å². The first-order chi connectivity index (χ1) is 11.4. The van der Waals surface area contributed by atoms with E-state index in [9.17, 15) is 5.11 Å². The lowest BCUT2D eigenvalue weighted by Crippen LogP contribution is -2.49. The molecule has 2 aromatic rings. The third kappa shape index (κ3) is 3.12. The van der Waals surface area contributed by atoms with E-state index in [2.05, 4.69) is 17.2 Å². The van der Waals surface area contributed by atoms with Gasteiger partial charge in [0.2, 0.25) is 0 Å². The molecule has 1 N–H and O–H groups in total. The number of hydrogen-bond donors (Lipinski definition) is 1. The van der Waals surface area contributed by atoms with Crippen molar-refractivity contribution in [3.8, 4) is 0 Å². The average Bonchev–Trinajstić information content (AvgIpc) is 2.79. The third-order valence-electron chi connectivity index (χ3n) is 4.62. The zero-order valence-electron chi connectivity index (χ0n) is 14.2. The van der Waals surface area contributed by atoms with Gasteiger partial charge in [-0.15, -0.1) is 0 Å². The molecular formula is C20H22N2OS. The van der Waals surface area contributed by atoms with Crippen LogP contribution in [0, 0.1) is 12.8 Å². The van der Waals surface area contributed by atoms with Crippen molar-refractivity contribution in [2.75, 3.05) is 0 Å². The summed E-state index contributed by atoms with van der Waals surface area (Å²) in [7, 11) is 0. The van der Waals surface area contributed by atoms with Crippen LogP contribution in [0.5, 0.6) is 0 Å². The molecule has 0 saturated heterocycles. The van der Waals surface area contributed by atoms with Gasteiger partial charge in [-0.3, -0.25) is 0 Å². The monoisotopic (exact) mass is 338 g/mol. The summed E-state index contributed by atoms with van der Waals surface area (Å²) in [6, 6.07) is 18.2. The Kier molecular flexibility index (Phi) is 4.52. The Bertz CT molecular complexity index is 766. The maximum Gasteiger partial charge on any atom is 0.165 e. The largest absolute Gasteiger partial charge is 0.369 e. The first kappa shape index (κ1) is 16.8. The van der Waals surface area contributed by atoms with Crippen LogP contribution in [0.1, 0.15) is 30.5 Å². The van der Waals surface area contributed by atoms with Crippen molar-refractivity contribution in [3.63, 3.8) is 0 Å². The van der Waals surface area contributed by atoms with Gasteiger partial charge in [-0.2, -0.15) is 5.10 Å². The van der Waals surface area contributed by atoms with Crippen LogP contribution >= 0.6 is 12.2 Å². The van der Waals surface area contributed by atoms with Crippen LogP contribution in [0.2, 0.25) is 0 Å². The SMILES string of the molecule is CC1=NN(C(=S)c2ccc(C)cc2)[C@](C)(O)[C@H]1Cc1ccccc1. The third-order valence-corrected chi connectivity index (χ3v) is 5.03. The highest BCUT2D eigenvalue weighted by atomic mass is 32.1. The van der Waals surface area contributed by atoms with Crippen LogP contribution in [0.25, 0.3) is 0 Å². The summed E-state index contributed by atoms with van der Waals surface area (Å²) < 4.78 is 0. The molecule has 2 atom stereocenters. The lowest BCUT2D eigenvalue weighted by Gasteiger charge is -2.34. The molecule has 1 aliphatic rings. The highest BCUT2D eigenvalue weighted by Crippen LogP contribution is 2.34. The van der Waals surface area contributed by atoms with Gasteiger partial charge in [0.15, 0.2) is 5.72 Å². The van der Waals surface area contributed by atoms with Gasteiger partial charge < -0.3 is 5.11 Å². The van der Waals surface area contributed by atoms with E-state index >= 15 is 0 Å². The number of aliphatic hydroxyl groups is 1. The second kappa shape index (κ2) is 6.46. The molecule has 124 valence electrons. The molecule has 0 aromatic heterocycles. The molecule has 3 rings (SSSR count). The maximum absolute atomic E-state index is 11.2. The predicted octanol–water partition coefficient (Wildman–Crippen LogP) is 3.93. The standard InChI is InChI=1S/C20H22N2OS/c1-14-9-11-17(12-10-14)19(24)22-20(3,23)18(15(2)21-22)13-16-7-5-4-6-8-16/h4-12,18,23H,13H2,1-3H3/t18-,20+/m0/s1. The van der Waals surface area contributed by atoms with Crippen molar-refractivity contribution in [2.45, 2.75) is 32.9 Å². The van der Waals surface area contributed by atoms with Crippen molar-refractivity contribution in [2.24, 2.45) is 11.0 Å². The smallest absolute Gasteiger partial charge is 0.165 e. The first-order valence-electron chi connectivity index (χ1n) is 8.12. The van der Waals surface area contributed by atoms with Crippen molar-refractivity contribution in [3.05, 3.63) is 71.3 Å². The molecule has 0 amide bonds. The van der Waals surface area contributed by atoms with Gasteiger partial charge >= 0.3 is 0 Å². The van der Waals surface area contributed by atoms with Gasteiger partial charge in [0, 0.05) is 11.3 Å². The molecule has 0 unspecified atom stereocenters. The topological polar surface area (TPSA) is 35.8 Å². The summed E-state index contributed by atoms with van der Waals surface area (Å²) in [6.45, 7) is 5.79. The Balaban J connectivity index is 1.86. The van der Waals surface area contributed by atoms with E-state index in [1.807, 2.05) is 56.3 Å². The zero-order valence-corrected chi connectivity index (χ0v) is 15.0. The van der Waals surface area contributed by atoms with Gasteiger partial charge in [-0.05, 0) is 32.8 Å². The van der Waals surface area contributed by atoms with E-state index in [4.69, 9.17) is 12.2 Å². The minimum absolute atomic E-state index is 0.0942. The Labute approximate surface area is 148 Å². The summed E-state index contributed by atoms with van der Waals surface area (Å²) in [4.78, 5) is 0.551. The highest BCUT2D eigenvalue weighted by Gasteiger charge is 2.46. The lowest BCUT2D eigenvalue weighted by molar-refractivity contribution is -0.0636. The molecule has 1 aliphatic heterocycles. The molecule has 0 saturated carbocycles. The van der Waals surface area contributed by atoms with Crippen LogP contribution in [-0.4, -0.2) is 26.5 Å². The maximum atomic E-state index is 11.2. The number of benzene rings is 2. The number of thiocarbonyl (C=S) groups is 1. The van der Waals surface area contributed by atoms with Gasteiger partial charge in [-0.25, -0.2) is 5.01 Å². The summed E-state index contributed by atoms with van der Waals surface area (Å²) in [5.41, 5.74) is 3.02. The Hall–Kier alpha value is -2.04. The fourth-order valence-electron chi connectivity index (χ4n) is 3.13. The quantitative estimate of drug-likeness (QED) is 0.862. The molecule has 4 heteroatoms. The number of aryl methyl sites for hydroxylation is 1. The summed E-state index contributed by atoms with van der Waals surface area (Å²) in [5, 5.41) is 17.3. The predicted molar refractivity (Wildman–Crippen MR) is 102 cm³/mol. The first-order valence-corrected chi connectivity index (χ1v) is 8.53. The molecule has 2 aromatic carbocycles. The zero-order chi connectivity index (χ0) is 17.3. The van der Waals surface area contributed by atoms with Crippen molar-refractivity contribution < 1.29 is 5.11 Å². The summed E-state index contributed by atoms with van der Waals surface area (Å²) in [6.07, 6.45) is 0.732. The van der Waals surface area contributed by atoms with Crippen LogP contribution in [0.15, 0.2) is 59.7 Å². The van der Waals surface area contributed by atoms with Crippen LogP contribution < -0.4 is 0 Å². The number of hydrazone groups is 1. The minimum atomic E-state index is -1.14. The fraction of sp³-hybridized carbons (Fsp3) is 0.300. The average molecular weight is 338 g/mol.